The number of rotatable bonds is 12. The lowest BCUT2D eigenvalue weighted by Gasteiger charge is -2.09. The normalized spacial score (nSPS) is 12.1. The molecule has 0 radical (unpaired) electrons. The second-order valence-electron chi connectivity index (χ2n) is 4.65. The summed E-state index contributed by atoms with van der Waals surface area (Å²) in [5, 5.41) is 9.61. The summed E-state index contributed by atoms with van der Waals surface area (Å²) < 4.78 is 4.79. The molecule has 0 aliphatic rings. The van der Waals surface area contributed by atoms with E-state index in [1.54, 1.807) is 6.92 Å². The second-order valence-corrected chi connectivity index (χ2v) is 4.65. The minimum Gasteiger partial charge on any atom is -0.466 e. The van der Waals surface area contributed by atoms with Gasteiger partial charge in [-0.15, -0.1) is 6.58 Å². The molecule has 0 aliphatic carbocycles. The van der Waals surface area contributed by atoms with E-state index in [4.69, 9.17) is 4.74 Å². The van der Waals surface area contributed by atoms with Crippen molar-refractivity contribution in [3.8, 4) is 0 Å². The lowest BCUT2D eigenvalue weighted by atomic mass is 10.0. The van der Waals surface area contributed by atoms with E-state index in [2.05, 4.69) is 6.58 Å². The SMILES string of the molecule is C=CCCCCCCCC[C@H](O)CC(=O)OCC. The predicted octanol–water partition coefficient (Wildman–Crippen LogP) is 3.61. The van der Waals surface area contributed by atoms with Crippen LogP contribution in [0.15, 0.2) is 12.7 Å². The fourth-order valence-electron chi connectivity index (χ4n) is 1.89. The van der Waals surface area contributed by atoms with Gasteiger partial charge < -0.3 is 9.84 Å². The average Bonchev–Trinajstić information content (AvgIpc) is 2.32. The van der Waals surface area contributed by atoms with Crippen molar-refractivity contribution in [3.63, 3.8) is 0 Å². The quantitative estimate of drug-likeness (QED) is 0.329. The number of hydrogen-bond donors (Lipinski definition) is 1. The zero-order valence-electron chi connectivity index (χ0n) is 11.7. The maximum absolute atomic E-state index is 11.1. The van der Waals surface area contributed by atoms with Crippen molar-refractivity contribution in [2.24, 2.45) is 0 Å². The summed E-state index contributed by atoms with van der Waals surface area (Å²) in [5.74, 6) is -0.297. The largest absolute Gasteiger partial charge is 0.466 e. The first kappa shape index (κ1) is 17.2. The summed E-state index contributed by atoms with van der Waals surface area (Å²) in [5.41, 5.74) is 0. The van der Waals surface area contributed by atoms with Crippen LogP contribution < -0.4 is 0 Å². The Kier molecular flexibility index (Phi) is 12.0. The molecule has 0 aromatic rings. The highest BCUT2D eigenvalue weighted by atomic mass is 16.5. The van der Waals surface area contributed by atoms with Gasteiger partial charge >= 0.3 is 5.97 Å². The maximum atomic E-state index is 11.1. The summed E-state index contributed by atoms with van der Waals surface area (Å²) in [4.78, 5) is 11.1. The van der Waals surface area contributed by atoms with Crippen LogP contribution in [-0.2, 0) is 9.53 Å². The van der Waals surface area contributed by atoms with E-state index in [-0.39, 0.29) is 12.4 Å². The first-order valence-electron chi connectivity index (χ1n) is 7.15. The highest BCUT2D eigenvalue weighted by Crippen LogP contribution is 2.11. The molecule has 0 aromatic heterocycles. The van der Waals surface area contributed by atoms with Crippen molar-refractivity contribution in [1.29, 1.82) is 0 Å². The van der Waals surface area contributed by atoms with Crippen LogP contribution >= 0.6 is 0 Å². The number of esters is 1. The molecule has 0 aromatic carbocycles. The minimum atomic E-state index is -0.537. The third kappa shape index (κ3) is 11.6. The molecule has 0 saturated heterocycles. The fraction of sp³-hybridized carbons (Fsp3) is 0.800. The van der Waals surface area contributed by atoms with Gasteiger partial charge in [-0.2, -0.15) is 0 Å². The molecule has 0 fully saturated rings. The number of aliphatic hydroxyl groups is 1. The summed E-state index contributed by atoms with van der Waals surface area (Å²) in [7, 11) is 0. The standard InChI is InChI=1S/C15H28O3/c1-3-5-6-7-8-9-10-11-12-14(16)13-15(17)18-4-2/h3,14,16H,1,4-13H2,2H3/t14-/m0/s1. The average molecular weight is 256 g/mol. The Balaban J connectivity index is 3.27. The van der Waals surface area contributed by atoms with Crippen molar-refractivity contribution < 1.29 is 14.6 Å². The minimum absolute atomic E-state index is 0.132. The Hall–Kier alpha value is -0.830. The molecule has 0 spiro atoms. The van der Waals surface area contributed by atoms with Crippen LogP contribution in [0.2, 0.25) is 0 Å². The van der Waals surface area contributed by atoms with Crippen LogP contribution in [0.3, 0.4) is 0 Å². The molecule has 106 valence electrons. The zero-order valence-corrected chi connectivity index (χ0v) is 11.7. The van der Waals surface area contributed by atoms with Gasteiger partial charge in [-0.1, -0.05) is 38.2 Å². The Morgan fingerprint density at radius 2 is 1.83 bits per heavy atom. The summed E-state index contributed by atoms with van der Waals surface area (Å²) >= 11 is 0. The van der Waals surface area contributed by atoms with Gasteiger partial charge in [0, 0.05) is 0 Å². The third-order valence-corrected chi connectivity index (χ3v) is 2.90. The van der Waals surface area contributed by atoms with E-state index in [1.165, 1.54) is 25.7 Å². The Labute approximate surface area is 111 Å². The molecule has 0 unspecified atom stereocenters. The van der Waals surface area contributed by atoms with E-state index in [0.29, 0.717) is 13.0 Å². The molecule has 1 N–H and O–H groups in total. The molecule has 3 nitrogen and oxygen atoms in total. The summed E-state index contributed by atoms with van der Waals surface area (Å²) in [6.45, 7) is 5.86. The van der Waals surface area contributed by atoms with Crippen molar-refractivity contribution in [3.05, 3.63) is 12.7 Å². The van der Waals surface area contributed by atoms with Crippen LogP contribution in [0.1, 0.15) is 64.7 Å². The molecule has 0 aliphatic heterocycles. The molecular weight excluding hydrogens is 228 g/mol. The van der Waals surface area contributed by atoms with Crippen LogP contribution in [0.5, 0.6) is 0 Å². The van der Waals surface area contributed by atoms with E-state index in [9.17, 15) is 9.90 Å². The lowest BCUT2D eigenvalue weighted by Crippen LogP contribution is -2.15. The lowest BCUT2D eigenvalue weighted by molar-refractivity contribution is -0.145. The molecular formula is C15H28O3. The van der Waals surface area contributed by atoms with Gasteiger partial charge in [0.2, 0.25) is 0 Å². The van der Waals surface area contributed by atoms with Gasteiger partial charge in [-0.05, 0) is 26.2 Å². The molecule has 1 atom stereocenters. The predicted molar refractivity (Wildman–Crippen MR) is 74.4 cm³/mol. The zero-order chi connectivity index (χ0) is 13.6. The number of aliphatic hydroxyl groups excluding tert-OH is 1. The van der Waals surface area contributed by atoms with Gasteiger partial charge in [0.25, 0.3) is 0 Å². The molecule has 0 saturated carbocycles. The van der Waals surface area contributed by atoms with Crippen LogP contribution in [0, 0.1) is 0 Å². The third-order valence-electron chi connectivity index (χ3n) is 2.90. The maximum Gasteiger partial charge on any atom is 0.308 e. The van der Waals surface area contributed by atoms with Crippen LogP contribution in [0.4, 0.5) is 0 Å². The first-order valence-corrected chi connectivity index (χ1v) is 7.15. The highest BCUT2D eigenvalue weighted by molar-refractivity contribution is 5.69. The number of carbonyl (C=O) groups is 1. The van der Waals surface area contributed by atoms with Gasteiger partial charge in [-0.3, -0.25) is 4.79 Å². The molecule has 0 rings (SSSR count). The number of carbonyl (C=O) groups excluding carboxylic acids is 1. The second kappa shape index (κ2) is 12.6. The molecule has 0 amide bonds. The molecule has 18 heavy (non-hydrogen) atoms. The Morgan fingerprint density at radius 3 is 2.44 bits per heavy atom. The summed E-state index contributed by atoms with van der Waals surface area (Å²) in [6, 6.07) is 0. The van der Waals surface area contributed by atoms with Gasteiger partial charge in [0.1, 0.15) is 0 Å². The van der Waals surface area contributed by atoms with E-state index >= 15 is 0 Å². The monoisotopic (exact) mass is 256 g/mol. The summed E-state index contributed by atoms with van der Waals surface area (Å²) in [6.07, 6.45) is 10.4. The van der Waals surface area contributed by atoms with Crippen LogP contribution in [-0.4, -0.2) is 23.8 Å². The van der Waals surface area contributed by atoms with Crippen molar-refractivity contribution in [1.82, 2.24) is 0 Å². The Morgan fingerprint density at radius 1 is 1.22 bits per heavy atom. The topological polar surface area (TPSA) is 46.5 Å². The van der Waals surface area contributed by atoms with Crippen molar-refractivity contribution in [2.45, 2.75) is 70.8 Å². The number of unbranched alkanes of at least 4 members (excludes halogenated alkanes) is 6. The first-order chi connectivity index (χ1) is 8.70. The molecule has 0 heterocycles. The van der Waals surface area contributed by atoms with E-state index < -0.39 is 6.10 Å². The smallest absolute Gasteiger partial charge is 0.308 e. The van der Waals surface area contributed by atoms with Gasteiger partial charge in [0.05, 0.1) is 19.1 Å². The van der Waals surface area contributed by atoms with Crippen molar-refractivity contribution in [2.75, 3.05) is 6.61 Å². The van der Waals surface area contributed by atoms with Crippen molar-refractivity contribution >= 4 is 5.97 Å². The Bertz CT molecular complexity index is 214. The number of ether oxygens (including phenoxy) is 1. The number of hydrogen-bond acceptors (Lipinski definition) is 3. The van der Waals surface area contributed by atoms with Gasteiger partial charge in [-0.25, -0.2) is 0 Å². The van der Waals surface area contributed by atoms with Gasteiger partial charge in [0.15, 0.2) is 0 Å². The van der Waals surface area contributed by atoms with E-state index in [0.717, 1.165) is 19.3 Å². The van der Waals surface area contributed by atoms with Crippen LogP contribution in [0.25, 0.3) is 0 Å². The molecule has 3 heteroatoms. The fourth-order valence-corrected chi connectivity index (χ4v) is 1.89. The molecule has 0 bridgehead atoms. The van der Waals surface area contributed by atoms with E-state index in [1.807, 2.05) is 6.08 Å². The number of allylic oxidation sites excluding steroid dienone is 1. The highest BCUT2D eigenvalue weighted by Gasteiger charge is 2.10.